The van der Waals surface area contributed by atoms with Crippen molar-refractivity contribution in [2.24, 2.45) is 5.73 Å². The highest BCUT2D eigenvalue weighted by molar-refractivity contribution is 5.93. The predicted molar refractivity (Wildman–Crippen MR) is 64.8 cm³/mol. The first kappa shape index (κ1) is 12.8. The summed E-state index contributed by atoms with van der Waals surface area (Å²) in [6.45, 7) is 1.89. The van der Waals surface area contributed by atoms with Gasteiger partial charge in [-0.2, -0.15) is 0 Å². The number of amides is 1. The zero-order valence-electron chi connectivity index (χ0n) is 9.43. The van der Waals surface area contributed by atoms with Crippen molar-refractivity contribution in [3.63, 3.8) is 0 Å². The first-order chi connectivity index (χ1) is 8.00. The maximum absolute atomic E-state index is 10.9. The van der Waals surface area contributed by atoms with Crippen LogP contribution in [0.1, 0.15) is 17.3 Å². The van der Waals surface area contributed by atoms with Crippen LogP contribution in [0, 0.1) is 0 Å². The summed E-state index contributed by atoms with van der Waals surface area (Å²) in [6.07, 6.45) is 1.55. The number of carbonyl (C=O) groups excluding carboxylic acids is 1. The van der Waals surface area contributed by atoms with Gasteiger partial charge in [-0.1, -0.05) is 12.1 Å². The van der Waals surface area contributed by atoms with Crippen LogP contribution in [0.2, 0.25) is 0 Å². The third-order valence-corrected chi connectivity index (χ3v) is 2.20. The number of hydrogen-bond acceptors (Lipinski definition) is 3. The Balaban J connectivity index is 2.64. The Labute approximate surface area is 98.9 Å². The summed E-state index contributed by atoms with van der Waals surface area (Å²) in [5.41, 5.74) is 6.54. The summed E-state index contributed by atoms with van der Waals surface area (Å²) < 4.78 is 0. The van der Waals surface area contributed by atoms with Gasteiger partial charge in [-0.15, -0.1) is 0 Å². The van der Waals surface area contributed by atoms with Gasteiger partial charge in [0.05, 0.1) is 0 Å². The SMILES string of the molecule is C/C(=C/CNc1cccc(C(N)=O)c1)C(=O)O. The summed E-state index contributed by atoms with van der Waals surface area (Å²) in [5, 5.41) is 11.6. The highest BCUT2D eigenvalue weighted by Gasteiger charge is 2.01. The van der Waals surface area contributed by atoms with Gasteiger partial charge < -0.3 is 16.2 Å². The van der Waals surface area contributed by atoms with E-state index in [0.29, 0.717) is 12.1 Å². The van der Waals surface area contributed by atoms with E-state index in [0.717, 1.165) is 5.69 Å². The molecule has 5 nitrogen and oxygen atoms in total. The molecule has 0 heterocycles. The third-order valence-electron chi connectivity index (χ3n) is 2.20. The Morgan fingerprint density at radius 2 is 2.18 bits per heavy atom. The molecule has 0 fully saturated rings. The molecule has 90 valence electrons. The normalized spacial score (nSPS) is 11.0. The van der Waals surface area contributed by atoms with Gasteiger partial charge in [-0.05, 0) is 25.1 Å². The lowest BCUT2D eigenvalue weighted by atomic mass is 10.2. The van der Waals surface area contributed by atoms with Crippen molar-refractivity contribution in [1.82, 2.24) is 0 Å². The summed E-state index contributed by atoms with van der Waals surface area (Å²) >= 11 is 0. The molecule has 17 heavy (non-hydrogen) atoms. The number of carboxylic acid groups (broad SMARTS) is 1. The van der Waals surface area contributed by atoms with Crippen molar-refractivity contribution in [2.75, 3.05) is 11.9 Å². The number of anilines is 1. The zero-order valence-corrected chi connectivity index (χ0v) is 9.43. The largest absolute Gasteiger partial charge is 0.478 e. The molecule has 1 amide bonds. The molecule has 0 aliphatic rings. The minimum Gasteiger partial charge on any atom is -0.478 e. The van der Waals surface area contributed by atoms with Gasteiger partial charge in [0.25, 0.3) is 0 Å². The number of carbonyl (C=O) groups is 2. The van der Waals surface area contributed by atoms with Gasteiger partial charge in [0.15, 0.2) is 0 Å². The number of rotatable bonds is 5. The van der Waals surface area contributed by atoms with E-state index in [9.17, 15) is 9.59 Å². The Morgan fingerprint density at radius 3 is 2.76 bits per heavy atom. The summed E-state index contributed by atoms with van der Waals surface area (Å²) in [5.74, 6) is -1.44. The Morgan fingerprint density at radius 1 is 1.47 bits per heavy atom. The molecular weight excluding hydrogens is 220 g/mol. The highest BCUT2D eigenvalue weighted by atomic mass is 16.4. The molecule has 0 bridgehead atoms. The van der Waals surface area contributed by atoms with Crippen molar-refractivity contribution in [3.8, 4) is 0 Å². The van der Waals surface area contributed by atoms with Crippen LogP contribution in [-0.4, -0.2) is 23.5 Å². The summed E-state index contributed by atoms with van der Waals surface area (Å²) in [4.78, 5) is 21.5. The van der Waals surface area contributed by atoms with Crippen LogP contribution in [0.4, 0.5) is 5.69 Å². The fourth-order valence-corrected chi connectivity index (χ4v) is 1.19. The Kier molecular flexibility index (Phi) is 4.28. The number of carboxylic acids is 1. The van der Waals surface area contributed by atoms with E-state index in [1.165, 1.54) is 6.92 Å². The molecule has 1 aromatic rings. The lowest BCUT2D eigenvalue weighted by molar-refractivity contribution is -0.132. The van der Waals surface area contributed by atoms with Gasteiger partial charge in [-0.25, -0.2) is 4.79 Å². The van der Waals surface area contributed by atoms with Crippen molar-refractivity contribution >= 4 is 17.6 Å². The van der Waals surface area contributed by atoms with Gasteiger partial charge in [0.2, 0.25) is 5.91 Å². The van der Waals surface area contributed by atoms with Gasteiger partial charge >= 0.3 is 5.97 Å². The van der Waals surface area contributed by atoms with Crippen LogP contribution in [0.5, 0.6) is 0 Å². The van der Waals surface area contributed by atoms with Crippen LogP contribution in [0.15, 0.2) is 35.9 Å². The van der Waals surface area contributed by atoms with Crippen LogP contribution in [-0.2, 0) is 4.79 Å². The van der Waals surface area contributed by atoms with Crippen LogP contribution in [0.3, 0.4) is 0 Å². The number of hydrogen-bond donors (Lipinski definition) is 3. The minimum atomic E-state index is -0.947. The van der Waals surface area contributed by atoms with Crippen molar-refractivity contribution in [1.29, 1.82) is 0 Å². The van der Waals surface area contributed by atoms with E-state index in [1.807, 2.05) is 0 Å². The molecule has 0 radical (unpaired) electrons. The molecule has 0 aliphatic heterocycles. The molecule has 0 aromatic heterocycles. The maximum Gasteiger partial charge on any atom is 0.331 e. The average Bonchev–Trinajstić information content (AvgIpc) is 2.29. The molecular formula is C12H14N2O3. The molecule has 0 atom stereocenters. The van der Waals surface area contributed by atoms with E-state index in [-0.39, 0.29) is 5.57 Å². The molecule has 1 aromatic carbocycles. The van der Waals surface area contributed by atoms with Gasteiger partial charge in [-0.3, -0.25) is 4.79 Å². The second-order valence-corrected chi connectivity index (χ2v) is 3.52. The number of aliphatic carboxylic acids is 1. The maximum atomic E-state index is 10.9. The van der Waals surface area contributed by atoms with E-state index >= 15 is 0 Å². The number of benzene rings is 1. The second-order valence-electron chi connectivity index (χ2n) is 3.52. The quantitative estimate of drug-likeness (QED) is 0.668. The molecule has 5 heteroatoms. The van der Waals surface area contributed by atoms with Crippen molar-refractivity contribution in [2.45, 2.75) is 6.92 Å². The molecule has 1 rings (SSSR count). The van der Waals surface area contributed by atoms with Crippen molar-refractivity contribution in [3.05, 3.63) is 41.5 Å². The number of nitrogens with two attached hydrogens (primary N) is 1. The fourth-order valence-electron chi connectivity index (χ4n) is 1.19. The lowest BCUT2D eigenvalue weighted by Gasteiger charge is -2.04. The standard InChI is InChI=1S/C12H14N2O3/c1-8(12(16)17)5-6-14-10-4-2-3-9(7-10)11(13)15/h2-5,7,14H,6H2,1H3,(H2,13,15)(H,16,17)/b8-5-. The van der Waals surface area contributed by atoms with Crippen LogP contribution >= 0.6 is 0 Å². The Hall–Kier alpha value is -2.30. The molecule has 0 aliphatic carbocycles. The first-order valence-corrected chi connectivity index (χ1v) is 5.04. The molecule has 0 saturated carbocycles. The summed E-state index contributed by atoms with van der Waals surface area (Å²) in [7, 11) is 0. The Bertz CT molecular complexity index is 467. The smallest absolute Gasteiger partial charge is 0.331 e. The predicted octanol–water partition coefficient (Wildman–Crippen LogP) is 1.23. The number of primary amides is 1. The zero-order chi connectivity index (χ0) is 12.8. The molecule has 0 spiro atoms. The average molecular weight is 234 g/mol. The van der Waals surface area contributed by atoms with Gasteiger partial charge in [0.1, 0.15) is 0 Å². The third kappa shape index (κ3) is 3.98. The van der Waals surface area contributed by atoms with Crippen molar-refractivity contribution < 1.29 is 14.7 Å². The molecule has 4 N–H and O–H groups in total. The number of nitrogens with one attached hydrogen (secondary N) is 1. The fraction of sp³-hybridized carbons (Fsp3) is 0.167. The monoisotopic (exact) mass is 234 g/mol. The van der Waals surface area contributed by atoms with E-state index in [4.69, 9.17) is 10.8 Å². The molecule has 0 unspecified atom stereocenters. The molecule has 0 saturated heterocycles. The van der Waals surface area contributed by atoms with E-state index in [2.05, 4.69) is 5.32 Å². The van der Waals surface area contributed by atoms with Crippen LogP contribution in [0.25, 0.3) is 0 Å². The first-order valence-electron chi connectivity index (χ1n) is 5.04. The minimum absolute atomic E-state index is 0.267. The van der Waals surface area contributed by atoms with Gasteiger partial charge in [0, 0.05) is 23.4 Å². The second kappa shape index (κ2) is 5.69. The van der Waals surface area contributed by atoms with E-state index < -0.39 is 11.9 Å². The van der Waals surface area contributed by atoms with E-state index in [1.54, 1.807) is 30.3 Å². The topological polar surface area (TPSA) is 92.4 Å². The lowest BCUT2D eigenvalue weighted by Crippen LogP contribution is -2.11. The summed E-state index contributed by atoms with van der Waals surface area (Å²) in [6, 6.07) is 6.71. The highest BCUT2D eigenvalue weighted by Crippen LogP contribution is 2.09. The van der Waals surface area contributed by atoms with Crippen LogP contribution < -0.4 is 11.1 Å².